The van der Waals surface area contributed by atoms with Crippen molar-refractivity contribution < 1.29 is 27.4 Å². The lowest BCUT2D eigenvalue weighted by Crippen LogP contribution is -2.46. The Morgan fingerprint density at radius 1 is 1.19 bits per heavy atom. The Morgan fingerprint density at radius 2 is 1.87 bits per heavy atom. The second-order valence-electron chi connectivity index (χ2n) is 7.24. The van der Waals surface area contributed by atoms with Crippen LogP contribution in [0.1, 0.15) is 5.56 Å². The molecule has 0 atom stereocenters. The lowest BCUT2D eigenvalue weighted by Gasteiger charge is -2.26. The van der Waals surface area contributed by atoms with Crippen molar-refractivity contribution in [3.8, 4) is 5.75 Å². The van der Waals surface area contributed by atoms with Gasteiger partial charge in [-0.3, -0.25) is 9.69 Å². The molecule has 0 aliphatic carbocycles. The number of hydrogen-bond acceptors (Lipinski definition) is 5. The Kier molecular flexibility index (Phi) is 9.86. The van der Waals surface area contributed by atoms with E-state index in [1.165, 1.54) is 17.0 Å². The molecule has 1 amide bonds. The van der Waals surface area contributed by atoms with E-state index in [0.717, 1.165) is 38.4 Å². The van der Waals surface area contributed by atoms with Crippen LogP contribution in [-0.2, 0) is 16.1 Å². The van der Waals surface area contributed by atoms with Gasteiger partial charge in [0.15, 0.2) is 12.6 Å². The zero-order valence-electron chi connectivity index (χ0n) is 17.9. The molecule has 0 unspecified atom stereocenters. The molecule has 1 aliphatic heterocycles. The smallest absolute Gasteiger partial charge is 0.422 e. The van der Waals surface area contributed by atoms with Gasteiger partial charge >= 0.3 is 6.18 Å². The third-order valence-corrected chi connectivity index (χ3v) is 4.48. The number of halogens is 3. The Hall–Kier alpha value is -2.53. The maximum atomic E-state index is 12.2. The highest BCUT2D eigenvalue weighted by atomic mass is 19.4. The van der Waals surface area contributed by atoms with E-state index in [9.17, 15) is 18.0 Å². The summed E-state index contributed by atoms with van der Waals surface area (Å²) in [5.74, 6) is 0.540. The third-order valence-electron chi connectivity index (χ3n) is 4.48. The molecule has 0 bridgehead atoms. The summed E-state index contributed by atoms with van der Waals surface area (Å²) in [7, 11) is 3.35. The molecule has 8 nitrogen and oxygen atoms in total. The summed E-state index contributed by atoms with van der Waals surface area (Å²) < 4.78 is 46.8. The van der Waals surface area contributed by atoms with Crippen molar-refractivity contribution in [2.24, 2.45) is 4.99 Å². The fourth-order valence-corrected chi connectivity index (χ4v) is 2.68. The molecule has 0 aromatic heterocycles. The van der Waals surface area contributed by atoms with Crippen LogP contribution in [-0.4, -0.2) is 94.5 Å². The molecule has 1 aliphatic rings. The molecule has 31 heavy (non-hydrogen) atoms. The van der Waals surface area contributed by atoms with Gasteiger partial charge in [0, 0.05) is 40.3 Å². The van der Waals surface area contributed by atoms with E-state index in [1.54, 1.807) is 26.2 Å². The molecule has 1 aromatic rings. The van der Waals surface area contributed by atoms with Crippen LogP contribution in [0.4, 0.5) is 13.2 Å². The van der Waals surface area contributed by atoms with E-state index in [0.29, 0.717) is 19.0 Å². The minimum Gasteiger partial charge on any atom is -0.484 e. The summed E-state index contributed by atoms with van der Waals surface area (Å²) in [6.07, 6.45) is -4.37. The van der Waals surface area contributed by atoms with Crippen LogP contribution in [0.5, 0.6) is 5.75 Å². The zero-order chi connectivity index (χ0) is 22.7. The molecule has 11 heteroatoms. The number of benzene rings is 1. The SMILES string of the molecule is CN(C)C(=O)CNC(=NCc1ccc(OCC(F)(F)F)cc1)NCCN1CCOCC1. The number of rotatable bonds is 9. The van der Waals surface area contributed by atoms with Gasteiger partial charge in [-0.05, 0) is 17.7 Å². The number of amides is 1. The number of likely N-dealkylation sites (N-methyl/N-ethyl adjacent to an activating group) is 1. The van der Waals surface area contributed by atoms with Crippen molar-refractivity contribution in [1.82, 2.24) is 20.4 Å². The van der Waals surface area contributed by atoms with Gasteiger partial charge < -0.3 is 25.0 Å². The summed E-state index contributed by atoms with van der Waals surface area (Å²) in [6.45, 7) is 3.73. The van der Waals surface area contributed by atoms with Crippen LogP contribution in [0.25, 0.3) is 0 Å². The Bertz CT molecular complexity index is 705. The van der Waals surface area contributed by atoms with Gasteiger partial charge in [-0.25, -0.2) is 4.99 Å². The summed E-state index contributed by atoms with van der Waals surface area (Å²) in [5.41, 5.74) is 0.799. The van der Waals surface area contributed by atoms with Crippen LogP contribution in [0.2, 0.25) is 0 Å². The first-order valence-corrected chi connectivity index (χ1v) is 10.0. The van der Waals surface area contributed by atoms with Crippen LogP contribution >= 0.6 is 0 Å². The molecule has 2 rings (SSSR count). The highest BCUT2D eigenvalue weighted by molar-refractivity contribution is 5.86. The minimum atomic E-state index is -4.37. The zero-order valence-corrected chi connectivity index (χ0v) is 17.9. The van der Waals surface area contributed by atoms with Crippen molar-refractivity contribution in [2.45, 2.75) is 12.7 Å². The molecule has 0 spiro atoms. The van der Waals surface area contributed by atoms with E-state index in [2.05, 4.69) is 20.5 Å². The molecule has 1 saturated heterocycles. The second kappa shape index (κ2) is 12.4. The van der Waals surface area contributed by atoms with Gasteiger partial charge in [-0.15, -0.1) is 0 Å². The molecule has 0 saturated carbocycles. The largest absolute Gasteiger partial charge is 0.484 e. The van der Waals surface area contributed by atoms with Crippen molar-refractivity contribution in [2.75, 3.05) is 66.6 Å². The first-order valence-electron chi connectivity index (χ1n) is 10.0. The first kappa shape index (κ1) is 24.7. The maximum Gasteiger partial charge on any atom is 0.422 e. The highest BCUT2D eigenvalue weighted by Crippen LogP contribution is 2.19. The van der Waals surface area contributed by atoms with Crippen molar-refractivity contribution in [1.29, 1.82) is 0 Å². The molecule has 2 N–H and O–H groups in total. The molecule has 1 fully saturated rings. The number of nitrogens with one attached hydrogen (secondary N) is 2. The number of nitrogens with zero attached hydrogens (tertiary/aromatic N) is 3. The maximum absolute atomic E-state index is 12.2. The number of hydrogen-bond donors (Lipinski definition) is 2. The van der Waals surface area contributed by atoms with Crippen molar-refractivity contribution in [3.63, 3.8) is 0 Å². The van der Waals surface area contributed by atoms with Gasteiger partial charge in [-0.2, -0.15) is 13.2 Å². The number of carbonyl (C=O) groups is 1. The first-order chi connectivity index (χ1) is 14.7. The lowest BCUT2D eigenvalue weighted by molar-refractivity contribution is -0.153. The molecule has 1 aromatic carbocycles. The number of morpholine rings is 1. The fourth-order valence-electron chi connectivity index (χ4n) is 2.68. The number of aliphatic imine (C=N–C) groups is 1. The average molecular weight is 445 g/mol. The molecule has 174 valence electrons. The Labute approximate surface area is 180 Å². The lowest BCUT2D eigenvalue weighted by atomic mass is 10.2. The van der Waals surface area contributed by atoms with E-state index >= 15 is 0 Å². The van der Waals surface area contributed by atoms with Crippen molar-refractivity contribution >= 4 is 11.9 Å². The van der Waals surface area contributed by atoms with Gasteiger partial charge in [0.1, 0.15) is 5.75 Å². The standard InChI is InChI=1S/C20H30F3N5O3/c1-27(2)18(29)14-26-19(24-7-8-28-9-11-30-12-10-28)25-13-16-3-5-17(6-4-16)31-15-20(21,22)23/h3-6H,7-15H2,1-2H3,(H2,24,25,26). The molecule has 0 radical (unpaired) electrons. The van der Waals surface area contributed by atoms with Gasteiger partial charge in [0.25, 0.3) is 0 Å². The van der Waals surface area contributed by atoms with Crippen LogP contribution in [0.15, 0.2) is 29.3 Å². The number of guanidine groups is 1. The van der Waals surface area contributed by atoms with Crippen LogP contribution in [0.3, 0.4) is 0 Å². The third kappa shape index (κ3) is 10.4. The summed E-state index contributed by atoms with van der Waals surface area (Å²) in [5, 5.41) is 6.23. The van der Waals surface area contributed by atoms with Gasteiger partial charge in [0.05, 0.1) is 26.3 Å². The number of carbonyl (C=O) groups excluding carboxylic acids is 1. The minimum absolute atomic E-state index is 0.0890. The van der Waals surface area contributed by atoms with Crippen LogP contribution < -0.4 is 15.4 Å². The normalized spacial score (nSPS) is 15.5. The predicted octanol–water partition coefficient (Wildman–Crippen LogP) is 1.08. The summed E-state index contributed by atoms with van der Waals surface area (Å²) in [6, 6.07) is 6.27. The quantitative estimate of drug-likeness (QED) is 0.438. The van der Waals surface area contributed by atoms with Crippen molar-refractivity contribution in [3.05, 3.63) is 29.8 Å². The van der Waals surface area contributed by atoms with E-state index < -0.39 is 12.8 Å². The second-order valence-corrected chi connectivity index (χ2v) is 7.24. The Balaban J connectivity index is 1.89. The predicted molar refractivity (Wildman–Crippen MR) is 111 cm³/mol. The number of alkyl halides is 3. The average Bonchev–Trinajstić information content (AvgIpc) is 2.74. The van der Waals surface area contributed by atoms with E-state index in [4.69, 9.17) is 9.47 Å². The number of ether oxygens (including phenoxy) is 2. The molecular weight excluding hydrogens is 415 g/mol. The van der Waals surface area contributed by atoms with Crippen LogP contribution in [0, 0.1) is 0 Å². The highest BCUT2D eigenvalue weighted by Gasteiger charge is 2.28. The van der Waals surface area contributed by atoms with Gasteiger partial charge in [0.2, 0.25) is 5.91 Å². The fraction of sp³-hybridized carbons (Fsp3) is 0.600. The van der Waals surface area contributed by atoms with Gasteiger partial charge in [-0.1, -0.05) is 12.1 Å². The molecular formula is C20H30F3N5O3. The summed E-state index contributed by atoms with van der Waals surface area (Å²) in [4.78, 5) is 20.1. The summed E-state index contributed by atoms with van der Waals surface area (Å²) >= 11 is 0. The Morgan fingerprint density at radius 3 is 2.48 bits per heavy atom. The molecule has 1 heterocycles. The topological polar surface area (TPSA) is 78.4 Å². The van der Waals surface area contributed by atoms with E-state index in [-0.39, 0.29) is 18.2 Å². The monoisotopic (exact) mass is 445 g/mol. The van der Waals surface area contributed by atoms with E-state index in [1.807, 2.05) is 0 Å².